The number of nitrogens with one attached hydrogen (secondary N) is 1. The van der Waals surface area contributed by atoms with Gasteiger partial charge in [0.25, 0.3) is 0 Å². The lowest BCUT2D eigenvalue weighted by Gasteiger charge is -2.41. The largest absolute Gasteiger partial charge is 0.481 e. The van der Waals surface area contributed by atoms with Crippen LogP contribution in [0, 0.1) is 17.2 Å². The molecule has 0 unspecified atom stereocenters. The standard InChI is InChI=1S/C30H34N4O5/c1-5-34(6-2)18-22-25(20-10-8-7-9-11-20)30(21-14-12-19(17-31)13-15-21)29(35,27(22)33-36)26-23(39-30)16-24(37-3)32-28(26)38-4/h7-16,22,25,27,33,35-36H,5-6,18H2,1-4H3/t22-,25-,27-,29+,30+/m1/s1. The number of hydrogen-bond donors (Lipinski definition) is 3. The van der Waals surface area contributed by atoms with E-state index in [1.54, 1.807) is 18.2 Å². The molecule has 0 spiro atoms. The van der Waals surface area contributed by atoms with Gasteiger partial charge in [-0.1, -0.05) is 56.3 Å². The van der Waals surface area contributed by atoms with E-state index in [1.807, 2.05) is 42.5 Å². The van der Waals surface area contributed by atoms with Gasteiger partial charge in [0.1, 0.15) is 5.75 Å². The van der Waals surface area contributed by atoms with E-state index in [9.17, 15) is 15.6 Å². The molecule has 9 heteroatoms. The SMILES string of the molecule is CCN(CC)C[C@H]1[C@@H](NO)[C@@]2(O)c3c(cc(OC)nc3OC)O[C@@]2(c2ccc(C#N)cc2)[C@@H]1c1ccccc1. The fourth-order valence-corrected chi connectivity index (χ4v) is 6.66. The van der Waals surface area contributed by atoms with Crippen LogP contribution in [0.5, 0.6) is 17.5 Å². The molecule has 0 radical (unpaired) electrons. The van der Waals surface area contributed by atoms with Crippen LogP contribution >= 0.6 is 0 Å². The third-order valence-corrected chi connectivity index (χ3v) is 8.40. The number of ether oxygens (including phenoxy) is 3. The van der Waals surface area contributed by atoms with Crippen LogP contribution in [0.4, 0.5) is 0 Å². The maximum Gasteiger partial charge on any atom is 0.226 e. The van der Waals surface area contributed by atoms with Gasteiger partial charge < -0.3 is 29.4 Å². The molecule has 2 heterocycles. The van der Waals surface area contributed by atoms with Crippen LogP contribution in [-0.4, -0.2) is 60.1 Å². The Hall–Kier alpha value is -3.68. The molecule has 0 amide bonds. The van der Waals surface area contributed by atoms with Crippen molar-refractivity contribution in [1.82, 2.24) is 15.4 Å². The van der Waals surface area contributed by atoms with E-state index < -0.39 is 23.2 Å². The summed E-state index contributed by atoms with van der Waals surface area (Å²) in [6.45, 7) is 6.36. The molecule has 1 aliphatic carbocycles. The van der Waals surface area contributed by atoms with E-state index in [2.05, 4.69) is 35.3 Å². The van der Waals surface area contributed by atoms with Gasteiger partial charge in [-0.2, -0.15) is 15.7 Å². The summed E-state index contributed by atoms with van der Waals surface area (Å²) in [7, 11) is 2.98. The quantitative estimate of drug-likeness (QED) is 0.357. The van der Waals surface area contributed by atoms with Crippen LogP contribution < -0.4 is 19.7 Å². The maximum absolute atomic E-state index is 13.1. The molecule has 1 aromatic heterocycles. The van der Waals surface area contributed by atoms with Gasteiger partial charge in [0.05, 0.1) is 37.5 Å². The Labute approximate surface area is 228 Å². The first-order chi connectivity index (χ1) is 18.9. The van der Waals surface area contributed by atoms with E-state index in [-0.39, 0.29) is 17.7 Å². The lowest BCUT2D eigenvalue weighted by molar-refractivity contribution is -0.132. The molecule has 204 valence electrons. The summed E-state index contributed by atoms with van der Waals surface area (Å²) >= 11 is 0. The van der Waals surface area contributed by atoms with Crippen molar-refractivity contribution in [2.24, 2.45) is 5.92 Å². The topological polar surface area (TPSA) is 120 Å². The van der Waals surface area contributed by atoms with E-state index in [0.29, 0.717) is 29.0 Å². The fourth-order valence-electron chi connectivity index (χ4n) is 6.66. The highest BCUT2D eigenvalue weighted by Crippen LogP contribution is 2.69. The second kappa shape index (κ2) is 10.5. The van der Waals surface area contributed by atoms with Crippen LogP contribution in [0.2, 0.25) is 0 Å². The number of aromatic nitrogens is 1. The summed E-state index contributed by atoms with van der Waals surface area (Å²) in [5.41, 5.74) is 1.69. The van der Waals surface area contributed by atoms with Crippen molar-refractivity contribution < 1.29 is 24.5 Å². The Balaban J connectivity index is 1.87. The molecule has 1 saturated carbocycles. The van der Waals surface area contributed by atoms with Gasteiger partial charge in [0.15, 0.2) is 11.2 Å². The lowest BCUT2D eigenvalue weighted by Crippen LogP contribution is -2.55. The molecule has 0 saturated heterocycles. The average Bonchev–Trinajstić information content (AvgIpc) is 3.36. The van der Waals surface area contributed by atoms with Crippen LogP contribution in [0.3, 0.4) is 0 Å². The highest BCUT2D eigenvalue weighted by Gasteiger charge is 2.77. The van der Waals surface area contributed by atoms with Crippen molar-refractivity contribution in [3.8, 4) is 23.6 Å². The number of fused-ring (bicyclic) bond motifs is 3. The Morgan fingerprint density at radius 1 is 1.08 bits per heavy atom. The monoisotopic (exact) mass is 530 g/mol. The second-order valence-corrected chi connectivity index (χ2v) is 9.99. The summed E-state index contributed by atoms with van der Waals surface area (Å²) < 4.78 is 18.0. The molecule has 1 fully saturated rings. The predicted octanol–water partition coefficient (Wildman–Crippen LogP) is 3.55. The molecular formula is C30H34N4O5. The predicted molar refractivity (Wildman–Crippen MR) is 144 cm³/mol. The van der Waals surface area contributed by atoms with Gasteiger partial charge >= 0.3 is 0 Å². The number of rotatable bonds is 9. The maximum atomic E-state index is 13.1. The minimum atomic E-state index is -1.83. The van der Waals surface area contributed by atoms with Crippen molar-refractivity contribution >= 4 is 0 Å². The van der Waals surface area contributed by atoms with E-state index in [1.165, 1.54) is 14.2 Å². The Bertz CT molecular complexity index is 1360. The van der Waals surface area contributed by atoms with Gasteiger partial charge in [-0.3, -0.25) is 0 Å². The molecule has 2 aliphatic rings. The molecule has 3 N–H and O–H groups in total. The molecule has 9 nitrogen and oxygen atoms in total. The smallest absolute Gasteiger partial charge is 0.226 e. The highest BCUT2D eigenvalue weighted by molar-refractivity contribution is 5.60. The molecule has 1 aliphatic heterocycles. The Kier molecular flexibility index (Phi) is 7.23. The first kappa shape index (κ1) is 26.9. The normalized spacial score (nSPS) is 27.0. The molecule has 39 heavy (non-hydrogen) atoms. The summed E-state index contributed by atoms with van der Waals surface area (Å²) in [6, 6.07) is 19.9. The second-order valence-electron chi connectivity index (χ2n) is 9.99. The summed E-state index contributed by atoms with van der Waals surface area (Å²) in [5.74, 6) is 0.0439. The Morgan fingerprint density at radius 2 is 1.77 bits per heavy atom. The number of nitrogens with zero attached hydrogens (tertiary/aromatic N) is 3. The molecule has 5 rings (SSSR count). The number of methoxy groups -OCH3 is 2. The van der Waals surface area contributed by atoms with E-state index in [4.69, 9.17) is 14.2 Å². The van der Waals surface area contributed by atoms with Crippen LogP contribution in [0.25, 0.3) is 0 Å². The summed E-state index contributed by atoms with van der Waals surface area (Å²) in [5, 5.41) is 33.4. The van der Waals surface area contributed by atoms with E-state index >= 15 is 0 Å². The zero-order chi connectivity index (χ0) is 27.8. The highest BCUT2D eigenvalue weighted by atomic mass is 16.5. The van der Waals surface area contributed by atoms with Crippen LogP contribution in [0.15, 0.2) is 60.7 Å². The van der Waals surface area contributed by atoms with Crippen LogP contribution in [-0.2, 0) is 11.2 Å². The van der Waals surface area contributed by atoms with E-state index in [0.717, 1.165) is 18.7 Å². The van der Waals surface area contributed by atoms with Gasteiger partial charge in [-0.15, -0.1) is 0 Å². The van der Waals surface area contributed by atoms with Crippen LogP contribution in [0.1, 0.15) is 42.0 Å². The number of pyridine rings is 1. The molecule has 5 atom stereocenters. The summed E-state index contributed by atoms with van der Waals surface area (Å²) in [6.07, 6.45) is 0. The average molecular weight is 531 g/mol. The number of nitriles is 1. The number of aliphatic hydroxyl groups is 1. The van der Waals surface area contributed by atoms with Gasteiger partial charge in [-0.05, 0) is 36.3 Å². The first-order valence-electron chi connectivity index (χ1n) is 13.2. The first-order valence-corrected chi connectivity index (χ1v) is 13.2. The van der Waals surface area contributed by atoms with Crippen molar-refractivity contribution in [1.29, 1.82) is 5.26 Å². The zero-order valence-corrected chi connectivity index (χ0v) is 22.6. The lowest BCUT2D eigenvalue weighted by atomic mass is 9.70. The van der Waals surface area contributed by atoms with Crippen molar-refractivity contribution in [3.05, 3.63) is 82.9 Å². The Morgan fingerprint density at radius 3 is 2.33 bits per heavy atom. The zero-order valence-electron chi connectivity index (χ0n) is 22.6. The third-order valence-electron chi connectivity index (χ3n) is 8.40. The number of benzene rings is 2. The molecular weight excluding hydrogens is 496 g/mol. The molecule has 2 aromatic carbocycles. The van der Waals surface area contributed by atoms with Crippen molar-refractivity contribution in [2.75, 3.05) is 33.9 Å². The summed E-state index contributed by atoms with van der Waals surface area (Å²) in [4.78, 5) is 6.75. The molecule has 0 bridgehead atoms. The van der Waals surface area contributed by atoms with Gasteiger partial charge in [0.2, 0.25) is 11.8 Å². The fraction of sp³-hybridized carbons (Fsp3) is 0.400. The van der Waals surface area contributed by atoms with Crippen molar-refractivity contribution in [3.63, 3.8) is 0 Å². The number of hydrogen-bond acceptors (Lipinski definition) is 9. The van der Waals surface area contributed by atoms with Gasteiger partial charge in [0, 0.05) is 24.4 Å². The number of hydroxylamine groups is 1. The van der Waals surface area contributed by atoms with Gasteiger partial charge in [-0.25, -0.2) is 0 Å². The molecule has 3 aromatic rings. The third kappa shape index (κ3) is 3.86. The minimum absolute atomic E-state index is 0.151. The minimum Gasteiger partial charge on any atom is -0.481 e. The van der Waals surface area contributed by atoms with Crippen molar-refractivity contribution in [2.45, 2.75) is 37.0 Å².